The molecule has 2 aromatic heterocycles. The number of amides is 2. The fourth-order valence-electron chi connectivity index (χ4n) is 2.94. The number of nitrogens with zero attached hydrogens (tertiary/aromatic N) is 2. The van der Waals surface area contributed by atoms with Crippen LogP contribution >= 0.6 is 11.6 Å². The molecule has 0 aliphatic carbocycles. The second-order valence-corrected chi connectivity index (χ2v) is 6.29. The predicted octanol–water partition coefficient (Wildman–Crippen LogP) is 3.28. The predicted molar refractivity (Wildman–Crippen MR) is 91.7 cm³/mol. The standard InChI is InChI=1S/C18H15ClN2O4/c19-13-3-4-14-12(10-13)11-16(25-14)18(23)21-7-5-20(6-8-21)17(22)15-2-1-9-24-15/h1-4,9-11H,5-8H2. The molecule has 2 amide bonds. The lowest BCUT2D eigenvalue weighted by atomic mass is 10.2. The zero-order chi connectivity index (χ0) is 17.4. The molecule has 3 aromatic rings. The fourth-order valence-corrected chi connectivity index (χ4v) is 3.12. The normalized spacial score (nSPS) is 14.9. The van der Waals surface area contributed by atoms with E-state index in [-0.39, 0.29) is 17.6 Å². The smallest absolute Gasteiger partial charge is 0.289 e. The number of hydrogen-bond donors (Lipinski definition) is 0. The van der Waals surface area contributed by atoms with Crippen molar-refractivity contribution >= 4 is 34.4 Å². The third-order valence-electron chi connectivity index (χ3n) is 4.28. The number of hydrogen-bond acceptors (Lipinski definition) is 4. The van der Waals surface area contributed by atoms with Gasteiger partial charge in [0.1, 0.15) is 5.58 Å². The van der Waals surface area contributed by atoms with E-state index in [9.17, 15) is 9.59 Å². The zero-order valence-corrected chi connectivity index (χ0v) is 14.0. The van der Waals surface area contributed by atoms with Crippen molar-refractivity contribution < 1.29 is 18.4 Å². The summed E-state index contributed by atoms with van der Waals surface area (Å²) in [5.41, 5.74) is 0.624. The van der Waals surface area contributed by atoms with Crippen LogP contribution in [0.15, 0.2) is 51.5 Å². The van der Waals surface area contributed by atoms with E-state index >= 15 is 0 Å². The van der Waals surface area contributed by atoms with Crippen LogP contribution in [-0.2, 0) is 0 Å². The van der Waals surface area contributed by atoms with E-state index in [0.717, 1.165) is 5.39 Å². The Morgan fingerprint density at radius 1 is 0.920 bits per heavy atom. The number of carbonyl (C=O) groups excluding carboxylic acids is 2. The van der Waals surface area contributed by atoms with Gasteiger partial charge >= 0.3 is 0 Å². The molecular formula is C18H15ClN2O4. The Kier molecular flexibility index (Phi) is 3.97. The van der Waals surface area contributed by atoms with Crippen molar-refractivity contribution in [2.24, 2.45) is 0 Å². The van der Waals surface area contributed by atoms with E-state index in [1.807, 2.05) is 0 Å². The summed E-state index contributed by atoms with van der Waals surface area (Å²) in [5.74, 6) is 0.255. The molecule has 1 saturated heterocycles. The van der Waals surface area contributed by atoms with Gasteiger partial charge in [-0.15, -0.1) is 0 Å². The van der Waals surface area contributed by atoms with Crippen LogP contribution in [0.5, 0.6) is 0 Å². The largest absolute Gasteiger partial charge is 0.459 e. The molecule has 4 rings (SSSR count). The number of rotatable bonds is 2. The number of carbonyl (C=O) groups is 2. The molecule has 0 N–H and O–H groups in total. The third-order valence-corrected chi connectivity index (χ3v) is 4.51. The van der Waals surface area contributed by atoms with Gasteiger partial charge in [-0.05, 0) is 36.4 Å². The molecule has 0 unspecified atom stereocenters. The maximum atomic E-state index is 12.6. The SMILES string of the molecule is O=C(c1ccco1)N1CCN(C(=O)c2cc3cc(Cl)ccc3o2)CC1. The van der Waals surface area contributed by atoms with Gasteiger partial charge in [0.05, 0.1) is 6.26 Å². The van der Waals surface area contributed by atoms with Crippen LogP contribution < -0.4 is 0 Å². The van der Waals surface area contributed by atoms with E-state index in [1.54, 1.807) is 46.2 Å². The van der Waals surface area contributed by atoms with Crippen molar-refractivity contribution in [3.8, 4) is 0 Å². The summed E-state index contributed by atoms with van der Waals surface area (Å²) in [7, 11) is 0. The van der Waals surface area contributed by atoms with Gasteiger partial charge in [0.25, 0.3) is 11.8 Å². The lowest BCUT2D eigenvalue weighted by Crippen LogP contribution is -2.50. The number of benzene rings is 1. The van der Waals surface area contributed by atoms with Crippen molar-refractivity contribution in [3.63, 3.8) is 0 Å². The van der Waals surface area contributed by atoms with Gasteiger partial charge in [-0.25, -0.2) is 0 Å². The maximum absolute atomic E-state index is 12.6. The van der Waals surface area contributed by atoms with Gasteiger partial charge in [-0.3, -0.25) is 9.59 Å². The molecule has 0 radical (unpaired) electrons. The minimum absolute atomic E-state index is 0.157. The first-order chi connectivity index (χ1) is 12.1. The average molecular weight is 359 g/mol. The first-order valence-electron chi connectivity index (χ1n) is 7.93. The van der Waals surface area contributed by atoms with Crippen molar-refractivity contribution in [2.45, 2.75) is 0 Å². The maximum Gasteiger partial charge on any atom is 0.289 e. The molecule has 1 fully saturated rings. The van der Waals surface area contributed by atoms with Crippen molar-refractivity contribution in [3.05, 3.63) is 59.2 Å². The van der Waals surface area contributed by atoms with E-state index in [4.69, 9.17) is 20.4 Å². The van der Waals surface area contributed by atoms with Crippen LogP contribution in [0.3, 0.4) is 0 Å². The average Bonchev–Trinajstić information content (AvgIpc) is 3.30. The second kappa shape index (κ2) is 6.29. The molecule has 128 valence electrons. The number of furan rings is 2. The van der Waals surface area contributed by atoms with Crippen molar-refractivity contribution in [2.75, 3.05) is 26.2 Å². The Labute approximate surface area is 148 Å². The first kappa shape index (κ1) is 15.8. The first-order valence-corrected chi connectivity index (χ1v) is 8.31. The van der Waals surface area contributed by atoms with Gasteiger partial charge in [0, 0.05) is 36.6 Å². The van der Waals surface area contributed by atoms with E-state index in [1.165, 1.54) is 6.26 Å². The zero-order valence-electron chi connectivity index (χ0n) is 13.3. The van der Waals surface area contributed by atoms with Gasteiger partial charge in [-0.2, -0.15) is 0 Å². The molecule has 1 aliphatic rings. The van der Waals surface area contributed by atoms with Gasteiger partial charge in [0.2, 0.25) is 0 Å². The quantitative estimate of drug-likeness (QED) is 0.705. The molecule has 0 bridgehead atoms. The molecule has 0 spiro atoms. The van der Waals surface area contributed by atoms with Crippen LogP contribution in [0.1, 0.15) is 21.1 Å². The van der Waals surface area contributed by atoms with E-state index in [2.05, 4.69) is 0 Å². The van der Waals surface area contributed by atoms with Crippen molar-refractivity contribution in [1.29, 1.82) is 0 Å². The molecular weight excluding hydrogens is 344 g/mol. The molecule has 3 heterocycles. The van der Waals surface area contributed by atoms with Crippen LogP contribution in [0.25, 0.3) is 11.0 Å². The Morgan fingerprint density at radius 2 is 1.60 bits per heavy atom. The highest BCUT2D eigenvalue weighted by Crippen LogP contribution is 2.24. The highest BCUT2D eigenvalue weighted by Gasteiger charge is 2.28. The van der Waals surface area contributed by atoms with E-state index < -0.39 is 0 Å². The minimum atomic E-state index is -0.183. The van der Waals surface area contributed by atoms with Gasteiger partial charge in [0.15, 0.2) is 11.5 Å². The summed E-state index contributed by atoms with van der Waals surface area (Å²) in [5, 5.41) is 1.39. The van der Waals surface area contributed by atoms with Gasteiger partial charge in [-0.1, -0.05) is 11.6 Å². The van der Waals surface area contributed by atoms with Gasteiger partial charge < -0.3 is 18.6 Å². The summed E-state index contributed by atoms with van der Waals surface area (Å²) >= 11 is 5.96. The highest BCUT2D eigenvalue weighted by atomic mass is 35.5. The Bertz CT molecular complexity index is 924. The third kappa shape index (κ3) is 3.00. The Hall–Kier alpha value is -2.73. The highest BCUT2D eigenvalue weighted by molar-refractivity contribution is 6.31. The summed E-state index contributed by atoms with van der Waals surface area (Å²) < 4.78 is 10.8. The summed E-state index contributed by atoms with van der Waals surface area (Å²) in [6.07, 6.45) is 1.47. The van der Waals surface area contributed by atoms with Crippen molar-refractivity contribution in [1.82, 2.24) is 9.80 Å². The molecule has 7 heteroatoms. The second-order valence-electron chi connectivity index (χ2n) is 5.85. The minimum Gasteiger partial charge on any atom is -0.459 e. The molecule has 0 atom stereocenters. The topological polar surface area (TPSA) is 66.9 Å². The van der Waals surface area contributed by atoms with Crippen LogP contribution in [0.4, 0.5) is 0 Å². The molecule has 0 saturated carbocycles. The lowest BCUT2D eigenvalue weighted by Gasteiger charge is -2.33. The molecule has 1 aliphatic heterocycles. The fraction of sp³-hybridized carbons (Fsp3) is 0.222. The summed E-state index contributed by atoms with van der Waals surface area (Å²) in [6, 6.07) is 10.2. The molecule has 25 heavy (non-hydrogen) atoms. The monoisotopic (exact) mass is 358 g/mol. The summed E-state index contributed by atoms with van der Waals surface area (Å²) in [6.45, 7) is 1.81. The molecule has 6 nitrogen and oxygen atoms in total. The van der Waals surface area contributed by atoms with E-state index in [0.29, 0.717) is 42.5 Å². The van der Waals surface area contributed by atoms with Crippen LogP contribution in [0.2, 0.25) is 5.02 Å². The number of halogens is 1. The van der Waals surface area contributed by atoms with Crippen LogP contribution in [0, 0.1) is 0 Å². The number of fused-ring (bicyclic) bond motifs is 1. The Balaban J connectivity index is 1.44. The van der Waals surface area contributed by atoms with Crippen LogP contribution in [-0.4, -0.2) is 47.8 Å². The lowest BCUT2D eigenvalue weighted by molar-refractivity contribution is 0.0503. The number of piperazine rings is 1. The summed E-state index contributed by atoms with van der Waals surface area (Å²) in [4.78, 5) is 28.3. The Morgan fingerprint density at radius 3 is 2.24 bits per heavy atom. The molecule has 1 aromatic carbocycles.